The molecule has 0 saturated heterocycles. The third kappa shape index (κ3) is 6.24. The number of nitrogens with one attached hydrogen (secondary N) is 3. The van der Waals surface area contributed by atoms with Gasteiger partial charge in [-0.25, -0.2) is 4.79 Å². The van der Waals surface area contributed by atoms with Gasteiger partial charge in [0.2, 0.25) is 11.8 Å². The highest BCUT2D eigenvalue weighted by atomic mass is 16.5. The Morgan fingerprint density at radius 2 is 1.32 bits per heavy atom. The standard InChI is InChI=1S/C20H21N3O5/c1-12(19(26)23-16-7-5-4-6-8-16)28-20(27)15-9-17(21-13(2)24)11-18(10-15)22-14(3)25/h4-12H,1-3H3,(H,21,24)(H,22,25)(H,23,26). The lowest BCUT2D eigenvalue weighted by Crippen LogP contribution is -2.30. The first kappa shape index (κ1) is 20.6. The van der Waals surface area contributed by atoms with Crippen LogP contribution in [0.4, 0.5) is 17.1 Å². The summed E-state index contributed by atoms with van der Waals surface area (Å²) in [7, 11) is 0. The highest BCUT2D eigenvalue weighted by molar-refractivity contribution is 6.00. The minimum absolute atomic E-state index is 0.0781. The average molecular weight is 383 g/mol. The summed E-state index contributed by atoms with van der Waals surface area (Å²) in [5, 5.41) is 7.73. The highest BCUT2D eigenvalue weighted by Gasteiger charge is 2.20. The van der Waals surface area contributed by atoms with Gasteiger partial charge in [-0.3, -0.25) is 14.4 Å². The van der Waals surface area contributed by atoms with Crippen LogP contribution >= 0.6 is 0 Å². The van der Waals surface area contributed by atoms with Gasteiger partial charge in [-0.05, 0) is 37.3 Å². The summed E-state index contributed by atoms with van der Waals surface area (Å²) < 4.78 is 5.21. The molecule has 0 bridgehead atoms. The summed E-state index contributed by atoms with van der Waals surface area (Å²) in [5.41, 5.74) is 1.28. The molecule has 0 fully saturated rings. The zero-order valence-corrected chi connectivity index (χ0v) is 15.7. The molecule has 1 unspecified atom stereocenters. The number of anilines is 3. The first-order valence-corrected chi connectivity index (χ1v) is 8.52. The number of ether oxygens (including phenoxy) is 1. The zero-order chi connectivity index (χ0) is 20.7. The summed E-state index contributed by atoms with van der Waals surface area (Å²) in [4.78, 5) is 47.3. The van der Waals surface area contributed by atoms with Crippen molar-refractivity contribution in [2.75, 3.05) is 16.0 Å². The molecule has 0 aliphatic carbocycles. The van der Waals surface area contributed by atoms with Gasteiger partial charge in [0.15, 0.2) is 6.10 Å². The van der Waals surface area contributed by atoms with Gasteiger partial charge in [-0.2, -0.15) is 0 Å². The monoisotopic (exact) mass is 383 g/mol. The Hall–Kier alpha value is -3.68. The quantitative estimate of drug-likeness (QED) is 0.664. The van der Waals surface area contributed by atoms with Gasteiger partial charge >= 0.3 is 5.97 Å². The fraction of sp³-hybridized carbons (Fsp3) is 0.200. The average Bonchev–Trinajstić information content (AvgIpc) is 2.61. The van der Waals surface area contributed by atoms with Crippen molar-refractivity contribution in [2.45, 2.75) is 26.9 Å². The van der Waals surface area contributed by atoms with Gasteiger partial charge in [-0.1, -0.05) is 18.2 Å². The fourth-order valence-corrected chi connectivity index (χ4v) is 2.34. The number of esters is 1. The van der Waals surface area contributed by atoms with Crippen LogP contribution in [0, 0.1) is 0 Å². The number of hydrogen-bond acceptors (Lipinski definition) is 5. The number of hydrogen-bond donors (Lipinski definition) is 3. The van der Waals surface area contributed by atoms with Crippen molar-refractivity contribution < 1.29 is 23.9 Å². The second-order valence-electron chi connectivity index (χ2n) is 6.06. The molecule has 3 N–H and O–H groups in total. The molecule has 0 spiro atoms. The molecule has 0 saturated carbocycles. The Morgan fingerprint density at radius 3 is 1.82 bits per heavy atom. The second kappa shape index (κ2) is 9.31. The van der Waals surface area contributed by atoms with Gasteiger partial charge < -0.3 is 20.7 Å². The van der Waals surface area contributed by atoms with Crippen LogP contribution in [0.1, 0.15) is 31.1 Å². The van der Waals surface area contributed by atoms with E-state index in [9.17, 15) is 19.2 Å². The van der Waals surface area contributed by atoms with E-state index in [1.807, 2.05) is 6.07 Å². The Morgan fingerprint density at radius 1 is 0.786 bits per heavy atom. The number of carbonyl (C=O) groups excluding carboxylic acids is 4. The van der Waals surface area contributed by atoms with E-state index in [1.165, 1.54) is 39.0 Å². The third-order valence-corrected chi connectivity index (χ3v) is 3.50. The first-order chi connectivity index (χ1) is 13.2. The van der Waals surface area contributed by atoms with Gasteiger partial charge in [0.25, 0.3) is 5.91 Å². The van der Waals surface area contributed by atoms with Crippen molar-refractivity contribution in [2.24, 2.45) is 0 Å². The molecule has 2 rings (SSSR count). The maximum absolute atomic E-state index is 12.5. The van der Waals surface area contributed by atoms with Crippen LogP contribution in [0.5, 0.6) is 0 Å². The highest BCUT2D eigenvalue weighted by Crippen LogP contribution is 2.21. The molecule has 2 aromatic rings. The van der Waals surface area contributed by atoms with Crippen LogP contribution in [-0.4, -0.2) is 29.8 Å². The minimum atomic E-state index is -1.05. The Labute approximate surface area is 162 Å². The van der Waals surface area contributed by atoms with E-state index in [1.54, 1.807) is 24.3 Å². The third-order valence-electron chi connectivity index (χ3n) is 3.50. The summed E-state index contributed by atoms with van der Waals surface area (Å²) in [6.45, 7) is 4.08. The van der Waals surface area contributed by atoms with E-state index in [4.69, 9.17) is 4.74 Å². The molecule has 0 heterocycles. The minimum Gasteiger partial charge on any atom is -0.449 e. The number of benzene rings is 2. The van der Waals surface area contributed by atoms with Gasteiger partial charge in [0.1, 0.15) is 0 Å². The number of rotatable bonds is 6. The van der Waals surface area contributed by atoms with E-state index in [-0.39, 0.29) is 17.4 Å². The topological polar surface area (TPSA) is 114 Å². The van der Waals surface area contributed by atoms with Crippen LogP contribution < -0.4 is 16.0 Å². The number of para-hydroxylation sites is 1. The molecule has 2 aromatic carbocycles. The normalized spacial score (nSPS) is 11.1. The molecule has 1 atom stereocenters. The van der Waals surface area contributed by atoms with Crippen molar-refractivity contribution in [1.29, 1.82) is 0 Å². The van der Waals surface area contributed by atoms with Gasteiger partial charge in [0.05, 0.1) is 5.56 Å². The summed E-state index contributed by atoms with van der Waals surface area (Å²) in [6, 6.07) is 13.1. The molecule has 0 radical (unpaired) electrons. The predicted octanol–water partition coefficient (Wildman–Crippen LogP) is 2.79. The van der Waals surface area contributed by atoms with Gasteiger partial charge in [-0.15, -0.1) is 0 Å². The van der Waals surface area contributed by atoms with Gasteiger partial charge in [0, 0.05) is 30.9 Å². The number of carbonyl (C=O) groups is 4. The lowest BCUT2D eigenvalue weighted by molar-refractivity contribution is -0.123. The van der Waals surface area contributed by atoms with Crippen LogP contribution in [0.25, 0.3) is 0 Å². The largest absolute Gasteiger partial charge is 0.449 e. The molecule has 28 heavy (non-hydrogen) atoms. The van der Waals surface area contributed by atoms with E-state index in [0.29, 0.717) is 17.1 Å². The predicted molar refractivity (Wildman–Crippen MR) is 105 cm³/mol. The number of amides is 3. The van der Waals surface area contributed by atoms with Crippen molar-refractivity contribution in [1.82, 2.24) is 0 Å². The lowest BCUT2D eigenvalue weighted by atomic mass is 10.1. The van der Waals surface area contributed by atoms with Crippen LogP contribution in [0.2, 0.25) is 0 Å². The van der Waals surface area contributed by atoms with E-state index >= 15 is 0 Å². The Balaban J connectivity index is 2.13. The molecule has 8 heteroatoms. The molecule has 0 aliphatic rings. The molecular formula is C20H21N3O5. The van der Waals surface area contributed by atoms with Crippen LogP contribution in [-0.2, 0) is 19.1 Å². The summed E-state index contributed by atoms with van der Waals surface area (Å²) >= 11 is 0. The van der Waals surface area contributed by atoms with Crippen molar-refractivity contribution in [3.05, 3.63) is 54.1 Å². The first-order valence-electron chi connectivity index (χ1n) is 8.52. The van der Waals surface area contributed by atoms with E-state index in [0.717, 1.165) is 0 Å². The smallest absolute Gasteiger partial charge is 0.339 e. The molecular weight excluding hydrogens is 362 g/mol. The maximum Gasteiger partial charge on any atom is 0.339 e. The van der Waals surface area contributed by atoms with Crippen LogP contribution in [0.3, 0.4) is 0 Å². The Kier molecular flexibility index (Phi) is 6.86. The van der Waals surface area contributed by atoms with Crippen LogP contribution in [0.15, 0.2) is 48.5 Å². The zero-order valence-electron chi connectivity index (χ0n) is 15.7. The summed E-state index contributed by atoms with van der Waals surface area (Å²) in [5.74, 6) is -1.93. The SMILES string of the molecule is CC(=O)Nc1cc(NC(C)=O)cc(C(=O)OC(C)C(=O)Nc2ccccc2)c1. The lowest BCUT2D eigenvalue weighted by Gasteiger charge is -2.15. The Bertz CT molecular complexity index is 862. The maximum atomic E-state index is 12.5. The van der Waals surface area contributed by atoms with E-state index < -0.39 is 18.0 Å². The second-order valence-corrected chi connectivity index (χ2v) is 6.06. The molecule has 146 valence electrons. The summed E-state index contributed by atoms with van der Waals surface area (Å²) in [6.07, 6.45) is -1.05. The molecule has 0 aromatic heterocycles. The molecule has 0 aliphatic heterocycles. The van der Waals surface area contributed by atoms with Crippen molar-refractivity contribution in [3.63, 3.8) is 0 Å². The fourth-order valence-electron chi connectivity index (χ4n) is 2.34. The van der Waals surface area contributed by atoms with E-state index in [2.05, 4.69) is 16.0 Å². The van der Waals surface area contributed by atoms with Crippen molar-refractivity contribution in [3.8, 4) is 0 Å². The molecule has 3 amide bonds. The molecule has 8 nitrogen and oxygen atoms in total. The van der Waals surface area contributed by atoms with Crippen molar-refractivity contribution >= 4 is 40.8 Å².